The predicted molar refractivity (Wildman–Crippen MR) is 134 cm³/mol. The fourth-order valence-electron chi connectivity index (χ4n) is 4.57. The number of nitrogens with one attached hydrogen (secondary N) is 4. The van der Waals surface area contributed by atoms with E-state index in [1.165, 1.54) is 0 Å². The van der Waals surface area contributed by atoms with Gasteiger partial charge >= 0.3 is 6.09 Å². The van der Waals surface area contributed by atoms with Crippen LogP contribution in [-0.4, -0.2) is 99.4 Å². The summed E-state index contributed by atoms with van der Waals surface area (Å²) in [5.41, 5.74) is 0.891. The standard InChI is InChI=1S/C25H33N5O8/c31-20-5-4-19(22(32)29-20)30-23(33)17-2-1-3-18(21(17)24(30)34)27-10-12-36-14-15-37-13-11-28-25(35)38-16-6-8-26-9-7-16/h1-3,16,19,26-27H,4-15H2,(H,28,35)(H,29,31,32). The summed E-state index contributed by atoms with van der Waals surface area (Å²) in [6.07, 6.45) is 1.33. The van der Waals surface area contributed by atoms with Gasteiger partial charge in [0, 0.05) is 25.2 Å². The van der Waals surface area contributed by atoms with Crippen molar-refractivity contribution in [3.63, 3.8) is 0 Å². The average Bonchev–Trinajstić information content (AvgIpc) is 3.16. The Labute approximate surface area is 219 Å². The molecule has 3 heterocycles. The van der Waals surface area contributed by atoms with Crippen LogP contribution in [0.1, 0.15) is 46.4 Å². The van der Waals surface area contributed by atoms with Crippen molar-refractivity contribution < 1.29 is 38.2 Å². The summed E-state index contributed by atoms with van der Waals surface area (Å²) in [6, 6.07) is 3.88. The van der Waals surface area contributed by atoms with Crippen molar-refractivity contribution in [2.24, 2.45) is 0 Å². The largest absolute Gasteiger partial charge is 0.446 e. The molecule has 0 bridgehead atoms. The van der Waals surface area contributed by atoms with E-state index in [-0.39, 0.29) is 30.1 Å². The lowest BCUT2D eigenvalue weighted by Crippen LogP contribution is -2.54. The molecule has 4 N–H and O–H groups in total. The Hall–Kier alpha value is -3.55. The maximum absolute atomic E-state index is 13.1. The third-order valence-electron chi connectivity index (χ3n) is 6.48. The van der Waals surface area contributed by atoms with Gasteiger partial charge in [-0.1, -0.05) is 6.07 Å². The number of nitrogens with zero attached hydrogens (tertiary/aromatic N) is 1. The smallest absolute Gasteiger partial charge is 0.407 e. The van der Waals surface area contributed by atoms with E-state index in [1.807, 2.05) is 0 Å². The van der Waals surface area contributed by atoms with Crippen LogP contribution in [0.5, 0.6) is 0 Å². The maximum Gasteiger partial charge on any atom is 0.407 e. The van der Waals surface area contributed by atoms with Gasteiger partial charge in [0.05, 0.1) is 37.6 Å². The van der Waals surface area contributed by atoms with Gasteiger partial charge in [-0.15, -0.1) is 0 Å². The SMILES string of the molecule is O=C1CCC(N2C(=O)c3cccc(NCCOCCOCCNC(=O)OC4CCNCC4)c3C2=O)C(=O)N1. The van der Waals surface area contributed by atoms with Crippen LogP contribution in [0.4, 0.5) is 10.5 Å². The molecule has 13 heteroatoms. The number of hydrogen-bond acceptors (Lipinski definition) is 10. The number of amides is 5. The summed E-state index contributed by atoms with van der Waals surface area (Å²) in [4.78, 5) is 62.3. The van der Waals surface area contributed by atoms with Crippen LogP contribution in [0.25, 0.3) is 0 Å². The van der Waals surface area contributed by atoms with Crippen molar-refractivity contribution >= 4 is 35.4 Å². The van der Waals surface area contributed by atoms with Gasteiger partial charge in [0.2, 0.25) is 11.8 Å². The quantitative estimate of drug-likeness (QED) is 0.213. The summed E-state index contributed by atoms with van der Waals surface area (Å²) < 4.78 is 16.3. The van der Waals surface area contributed by atoms with Crippen molar-refractivity contribution in [3.8, 4) is 0 Å². The van der Waals surface area contributed by atoms with Crippen molar-refractivity contribution in [2.45, 2.75) is 37.8 Å². The van der Waals surface area contributed by atoms with Gasteiger partial charge in [-0.3, -0.25) is 29.4 Å². The first-order valence-electron chi connectivity index (χ1n) is 12.8. The first-order chi connectivity index (χ1) is 18.5. The van der Waals surface area contributed by atoms with E-state index in [1.54, 1.807) is 18.2 Å². The fraction of sp³-hybridized carbons (Fsp3) is 0.560. The van der Waals surface area contributed by atoms with Gasteiger partial charge in [-0.05, 0) is 44.5 Å². The van der Waals surface area contributed by atoms with E-state index in [2.05, 4.69) is 21.3 Å². The molecule has 5 amide bonds. The number of hydrogen-bond donors (Lipinski definition) is 4. The number of imide groups is 2. The highest BCUT2D eigenvalue weighted by molar-refractivity contribution is 6.25. The van der Waals surface area contributed by atoms with Crippen molar-refractivity contribution in [2.75, 3.05) is 57.9 Å². The molecule has 0 aliphatic carbocycles. The van der Waals surface area contributed by atoms with Gasteiger partial charge in [0.15, 0.2) is 0 Å². The Bertz CT molecular complexity index is 1060. The summed E-state index contributed by atoms with van der Waals surface area (Å²) in [7, 11) is 0. The Morgan fingerprint density at radius 1 is 0.947 bits per heavy atom. The third-order valence-corrected chi connectivity index (χ3v) is 6.48. The number of ether oxygens (including phenoxy) is 3. The average molecular weight is 532 g/mol. The zero-order valence-electron chi connectivity index (χ0n) is 21.1. The number of rotatable bonds is 12. The van der Waals surface area contributed by atoms with Gasteiger partial charge in [-0.25, -0.2) is 4.79 Å². The van der Waals surface area contributed by atoms with E-state index < -0.39 is 35.8 Å². The molecule has 13 nitrogen and oxygen atoms in total. The minimum Gasteiger partial charge on any atom is -0.446 e. The Morgan fingerprint density at radius 2 is 1.68 bits per heavy atom. The summed E-state index contributed by atoms with van der Waals surface area (Å²) >= 11 is 0. The van der Waals surface area contributed by atoms with Crippen LogP contribution >= 0.6 is 0 Å². The molecule has 3 aliphatic rings. The molecule has 1 aromatic rings. The normalized spacial score (nSPS) is 19.8. The topological polar surface area (TPSA) is 164 Å². The van der Waals surface area contributed by atoms with E-state index in [9.17, 15) is 24.0 Å². The molecule has 1 unspecified atom stereocenters. The van der Waals surface area contributed by atoms with Gasteiger partial charge in [0.25, 0.3) is 11.8 Å². The van der Waals surface area contributed by atoms with Crippen LogP contribution < -0.4 is 21.3 Å². The number of fused-ring (bicyclic) bond motifs is 1. The Morgan fingerprint density at radius 3 is 2.42 bits per heavy atom. The molecule has 0 spiro atoms. The highest BCUT2D eigenvalue weighted by atomic mass is 16.6. The lowest BCUT2D eigenvalue weighted by atomic mass is 10.0. The minimum atomic E-state index is -1.01. The second-order valence-electron chi connectivity index (χ2n) is 9.11. The summed E-state index contributed by atoms with van der Waals surface area (Å²) in [5.74, 6) is -2.18. The van der Waals surface area contributed by atoms with Gasteiger partial charge in [-0.2, -0.15) is 0 Å². The number of alkyl carbamates (subject to hydrolysis) is 1. The van der Waals surface area contributed by atoms with Crippen molar-refractivity contribution in [1.29, 1.82) is 0 Å². The first kappa shape index (κ1) is 27.5. The maximum atomic E-state index is 13.1. The number of benzene rings is 1. The second kappa shape index (κ2) is 13.3. The van der Waals surface area contributed by atoms with Crippen molar-refractivity contribution in [3.05, 3.63) is 29.3 Å². The molecular formula is C25H33N5O8. The number of carbonyl (C=O) groups is 5. The number of anilines is 1. The van der Waals surface area contributed by atoms with Crippen LogP contribution in [0.2, 0.25) is 0 Å². The molecule has 206 valence electrons. The van der Waals surface area contributed by atoms with E-state index in [4.69, 9.17) is 14.2 Å². The number of carbonyl (C=O) groups excluding carboxylic acids is 5. The molecule has 0 radical (unpaired) electrons. The molecule has 4 rings (SSSR count). The molecule has 38 heavy (non-hydrogen) atoms. The molecule has 3 aliphatic heterocycles. The van der Waals surface area contributed by atoms with Gasteiger partial charge < -0.3 is 30.2 Å². The highest BCUT2D eigenvalue weighted by Crippen LogP contribution is 2.32. The summed E-state index contributed by atoms with van der Waals surface area (Å²) in [5, 5.41) is 11.2. The zero-order valence-corrected chi connectivity index (χ0v) is 21.1. The lowest BCUT2D eigenvalue weighted by Gasteiger charge is -2.27. The van der Waals surface area contributed by atoms with Crippen LogP contribution in [0.15, 0.2) is 18.2 Å². The molecule has 2 fully saturated rings. The fourth-order valence-corrected chi connectivity index (χ4v) is 4.57. The highest BCUT2D eigenvalue weighted by Gasteiger charge is 2.45. The van der Waals surface area contributed by atoms with E-state index in [0.29, 0.717) is 45.2 Å². The minimum absolute atomic E-state index is 0.0426. The monoisotopic (exact) mass is 531 g/mol. The molecule has 0 saturated carbocycles. The molecule has 0 aromatic heterocycles. The summed E-state index contributed by atoms with van der Waals surface area (Å²) in [6.45, 7) is 3.77. The number of piperidine rings is 2. The van der Waals surface area contributed by atoms with Crippen LogP contribution in [0.3, 0.4) is 0 Å². The lowest BCUT2D eigenvalue weighted by molar-refractivity contribution is -0.136. The van der Waals surface area contributed by atoms with Crippen LogP contribution in [0, 0.1) is 0 Å². The third kappa shape index (κ3) is 6.85. The van der Waals surface area contributed by atoms with Gasteiger partial charge in [0.1, 0.15) is 12.1 Å². The molecule has 1 atom stereocenters. The molecule has 1 aromatic carbocycles. The Kier molecular flexibility index (Phi) is 9.62. The Balaban J connectivity index is 1.11. The zero-order chi connectivity index (χ0) is 26.9. The first-order valence-corrected chi connectivity index (χ1v) is 12.8. The van der Waals surface area contributed by atoms with E-state index in [0.717, 1.165) is 30.8 Å². The molecular weight excluding hydrogens is 498 g/mol. The van der Waals surface area contributed by atoms with Crippen molar-refractivity contribution in [1.82, 2.24) is 20.9 Å². The van der Waals surface area contributed by atoms with Crippen LogP contribution in [-0.2, 0) is 23.8 Å². The second-order valence-corrected chi connectivity index (χ2v) is 9.11. The molecule has 2 saturated heterocycles. The predicted octanol–water partition coefficient (Wildman–Crippen LogP) is 0.0111. The van der Waals surface area contributed by atoms with E-state index >= 15 is 0 Å².